The molecular formula is C29H25N2PS. The molecule has 0 atom stereocenters. The molecule has 1 aliphatic rings. The summed E-state index contributed by atoms with van der Waals surface area (Å²) in [6.07, 6.45) is 0. The van der Waals surface area contributed by atoms with Gasteiger partial charge >= 0.3 is 0 Å². The third-order valence-corrected chi connectivity index (χ3v) is 10.8. The smallest absolute Gasteiger partial charge is 0.161 e. The molecule has 2 nitrogen and oxygen atoms in total. The first-order valence-electron chi connectivity index (χ1n) is 11.1. The Morgan fingerprint density at radius 1 is 0.576 bits per heavy atom. The van der Waals surface area contributed by atoms with Crippen LogP contribution < -0.4 is 15.9 Å². The molecule has 0 aromatic heterocycles. The number of benzene rings is 4. The summed E-state index contributed by atoms with van der Waals surface area (Å²) in [5.41, 5.74) is 2.14. The molecule has 0 saturated carbocycles. The SMILES string of the molecule is CCSC1=NC(c2ccccc2)=NC1=P(c1ccccc1)(c1ccccc1)c1ccccc1. The minimum Gasteiger partial charge on any atom is -0.225 e. The molecule has 0 N–H and O–H groups in total. The van der Waals surface area contributed by atoms with Crippen LogP contribution in [0.2, 0.25) is 0 Å². The molecule has 0 aliphatic carbocycles. The molecule has 0 radical (unpaired) electrons. The van der Waals surface area contributed by atoms with E-state index in [9.17, 15) is 0 Å². The van der Waals surface area contributed by atoms with E-state index in [0.29, 0.717) is 0 Å². The van der Waals surface area contributed by atoms with E-state index in [4.69, 9.17) is 9.98 Å². The fraction of sp³-hybridized carbons (Fsp3) is 0.0690. The Morgan fingerprint density at radius 2 is 1.00 bits per heavy atom. The average molecular weight is 465 g/mol. The van der Waals surface area contributed by atoms with Gasteiger partial charge in [-0.25, -0.2) is 9.98 Å². The molecular weight excluding hydrogens is 439 g/mol. The van der Waals surface area contributed by atoms with Crippen LogP contribution >= 0.6 is 18.6 Å². The molecule has 162 valence electrons. The fourth-order valence-corrected chi connectivity index (χ4v) is 9.53. The van der Waals surface area contributed by atoms with Gasteiger partial charge < -0.3 is 0 Å². The van der Waals surface area contributed by atoms with Crippen LogP contribution in [0, 0.1) is 0 Å². The molecule has 1 aliphatic heterocycles. The second-order valence-corrected chi connectivity index (χ2v) is 12.2. The Kier molecular flexibility index (Phi) is 6.44. The van der Waals surface area contributed by atoms with Gasteiger partial charge in [0, 0.05) is 12.4 Å². The minimum absolute atomic E-state index is 0.800. The van der Waals surface area contributed by atoms with E-state index in [-0.39, 0.29) is 0 Å². The van der Waals surface area contributed by atoms with E-state index < -0.39 is 6.89 Å². The van der Waals surface area contributed by atoms with Crippen molar-refractivity contribution in [2.75, 3.05) is 5.75 Å². The Bertz CT molecular complexity index is 1240. The van der Waals surface area contributed by atoms with Gasteiger partial charge in [-0.05, 0) is 21.7 Å². The monoisotopic (exact) mass is 464 g/mol. The average Bonchev–Trinajstić information content (AvgIpc) is 3.31. The van der Waals surface area contributed by atoms with E-state index in [1.165, 1.54) is 15.9 Å². The fourth-order valence-electron chi connectivity index (χ4n) is 4.26. The van der Waals surface area contributed by atoms with E-state index in [2.05, 4.69) is 110 Å². The van der Waals surface area contributed by atoms with Crippen molar-refractivity contribution in [3.05, 3.63) is 127 Å². The van der Waals surface area contributed by atoms with Gasteiger partial charge in [0.1, 0.15) is 10.5 Å². The summed E-state index contributed by atoms with van der Waals surface area (Å²) in [5, 5.41) is 4.90. The highest BCUT2D eigenvalue weighted by Crippen LogP contribution is 2.48. The lowest BCUT2D eigenvalue weighted by Crippen LogP contribution is -2.31. The molecule has 33 heavy (non-hydrogen) atoms. The lowest BCUT2D eigenvalue weighted by atomic mass is 10.2. The molecule has 5 rings (SSSR count). The zero-order chi connectivity index (χ0) is 22.5. The van der Waals surface area contributed by atoms with Gasteiger partial charge in [-0.3, -0.25) is 0 Å². The van der Waals surface area contributed by atoms with Crippen LogP contribution in [0.25, 0.3) is 0 Å². The van der Waals surface area contributed by atoms with E-state index in [0.717, 1.165) is 27.6 Å². The number of aliphatic imine (C=N–C) groups is 2. The van der Waals surface area contributed by atoms with Crippen molar-refractivity contribution >= 4 is 50.9 Å². The van der Waals surface area contributed by atoms with Crippen LogP contribution in [0.4, 0.5) is 0 Å². The number of hydrogen-bond donors (Lipinski definition) is 0. The lowest BCUT2D eigenvalue weighted by Gasteiger charge is -2.30. The van der Waals surface area contributed by atoms with Crippen LogP contribution in [0.15, 0.2) is 131 Å². The van der Waals surface area contributed by atoms with Gasteiger partial charge in [0.15, 0.2) is 5.84 Å². The predicted molar refractivity (Wildman–Crippen MR) is 149 cm³/mol. The maximum atomic E-state index is 5.32. The third-order valence-electron chi connectivity index (χ3n) is 5.67. The zero-order valence-corrected chi connectivity index (χ0v) is 20.2. The van der Waals surface area contributed by atoms with E-state index >= 15 is 0 Å². The van der Waals surface area contributed by atoms with Crippen molar-refractivity contribution in [2.45, 2.75) is 6.92 Å². The summed E-state index contributed by atoms with van der Waals surface area (Å²) < 4.78 is 0. The van der Waals surface area contributed by atoms with Gasteiger partial charge in [-0.1, -0.05) is 128 Å². The number of rotatable bonds is 5. The van der Waals surface area contributed by atoms with Crippen molar-refractivity contribution in [1.82, 2.24) is 0 Å². The molecule has 0 fully saturated rings. The van der Waals surface area contributed by atoms with Crippen molar-refractivity contribution in [2.24, 2.45) is 9.98 Å². The Hall–Kier alpha value is -3.13. The Labute approximate surface area is 200 Å². The van der Waals surface area contributed by atoms with Crippen LogP contribution in [0.1, 0.15) is 12.5 Å². The molecule has 0 unspecified atom stereocenters. The Morgan fingerprint density at radius 3 is 1.42 bits per heavy atom. The topological polar surface area (TPSA) is 24.7 Å². The second-order valence-electron chi connectivity index (χ2n) is 7.65. The summed E-state index contributed by atoms with van der Waals surface area (Å²) in [6.45, 7) is -0.0874. The van der Waals surface area contributed by atoms with Crippen molar-refractivity contribution in [1.29, 1.82) is 0 Å². The highest BCUT2D eigenvalue weighted by atomic mass is 32.2. The van der Waals surface area contributed by atoms with Gasteiger partial charge in [0.25, 0.3) is 0 Å². The van der Waals surface area contributed by atoms with Crippen LogP contribution in [0.5, 0.6) is 0 Å². The number of amidine groups is 1. The van der Waals surface area contributed by atoms with Crippen LogP contribution in [0.3, 0.4) is 0 Å². The first kappa shape index (κ1) is 21.7. The Balaban J connectivity index is 1.95. The van der Waals surface area contributed by atoms with Gasteiger partial charge in [0.05, 0.1) is 0 Å². The van der Waals surface area contributed by atoms with Crippen molar-refractivity contribution in [3.63, 3.8) is 0 Å². The van der Waals surface area contributed by atoms with Crippen molar-refractivity contribution < 1.29 is 0 Å². The molecule has 4 heteroatoms. The first-order chi connectivity index (χ1) is 16.3. The summed E-state index contributed by atoms with van der Waals surface area (Å²) in [6, 6.07) is 42.9. The van der Waals surface area contributed by atoms with Crippen LogP contribution in [-0.2, 0) is 0 Å². The number of thioether (sulfide) groups is 1. The standard InChI is InChI=1S/C29H25N2PS/c1-2-33-29-28(30-27(31-29)23-15-7-3-8-16-23)32(24-17-9-4-10-18-24,25-19-11-5-12-20-25)26-21-13-6-14-22-26/h3-22H,2H2,1H3. The summed E-state index contributed by atoms with van der Waals surface area (Å²) in [5.74, 6) is 1.74. The largest absolute Gasteiger partial charge is 0.225 e. The lowest BCUT2D eigenvalue weighted by molar-refractivity contribution is 1.54. The van der Waals surface area contributed by atoms with Crippen LogP contribution in [-0.4, -0.2) is 22.0 Å². The molecule has 0 bridgehead atoms. The highest BCUT2D eigenvalue weighted by molar-refractivity contribution is 8.18. The number of hydrogen-bond acceptors (Lipinski definition) is 2. The molecule has 0 spiro atoms. The van der Waals surface area contributed by atoms with Gasteiger partial charge in [-0.2, -0.15) is 0 Å². The molecule has 0 saturated heterocycles. The van der Waals surface area contributed by atoms with Gasteiger partial charge in [-0.15, -0.1) is 11.8 Å². The van der Waals surface area contributed by atoms with Crippen molar-refractivity contribution in [3.8, 4) is 0 Å². The normalized spacial score (nSPS) is 13.5. The predicted octanol–water partition coefficient (Wildman–Crippen LogP) is 5.72. The zero-order valence-electron chi connectivity index (χ0n) is 18.5. The highest BCUT2D eigenvalue weighted by Gasteiger charge is 2.34. The summed E-state index contributed by atoms with van der Waals surface area (Å²) >= 11 is 1.78. The maximum absolute atomic E-state index is 5.32. The number of nitrogens with zero attached hydrogens (tertiary/aromatic N) is 2. The van der Waals surface area contributed by atoms with E-state index in [1.807, 2.05) is 18.2 Å². The first-order valence-corrected chi connectivity index (χ1v) is 13.9. The molecule has 1 heterocycles. The van der Waals surface area contributed by atoms with Gasteiger partial charge in [0.2, 0.25) is 0 Å². The summed E-state index contributed by atoms with van der Waals surface area (Å²) in [7, 11) is 0. The maximum Gasteiger partial charge on any atom is 0.161 e. The minimum atomic E-state index is -2.27. The molecule has 0 amide bonds. The quantitative estimate of drug-likeness (QED) is 0.347. The van der Waals surface area contributed by atoms with E-state index in [1.54, 1.807) is 11.8 Å². The molecule has 4 aromatic carbocycles. The third kappa shape index (κ3) is 4.04. The molecule has 4 aromatic rings. The second kappa shape index (κ2) is 9.79. The summed E-state index contributed by atoms with van der Waals surface area (Å²) in [4.78, 5) is 10.4.